The summed E-state index contributed by atoms with van der Waals surface area (Å²) in [4.78, 5) is 15.8. The van der Waals surface area contributed by atoms with Gasteiger partial charge in [0.15, 0.2) is 0 Å². The van der Waals surface area contributed by atoms with E-state index in [9.17, 15) is 4.79 Å². The zero-order valence-electron chi connectivity index (χ0n) is 14.6. The molecule has 0 spiro atoms. The number of rotatable bonds is 8. The fraction of sp³-hybridized carbons (Fsp3) is 0.500. The molecule has 1 aromatic carbocycles. The van der Waals surface area contributed by atoms with E-state index in [0.29, 0.717) is 13.0 Å². The Morgan fingerprint density at radius 2 is 1.96 bits per heavy atom. The number of aromatic nitrogens is 1. The van der Waals surface area contributed by atoms with Crippen molar-refractivity contribution in [2.24, 2.45) is 7.05 Å². The van der Waals surface area contributed by atoms with Crippen LogP contribution in [0.5, 0.6) is 0 Å². The zero-order chi connectivity index (χ0) is 16.8. The molecule has 1 aromatic heterocycles. The van der Waals surface area contributed by atoms with Crippen molar-refractivity contribution in [1.82, 2.24) is 14.8 Å². The minimum absolute atomic E-state index is 0.0957. The van der Waals surface area contributed by atoms with Crippen LogP contribution >= 0.6 is 11.8 Å². The van der Waals surface area contributed by atoms with Gasteiger partial charge in [0, 0.05) is 41.6 Å². The van der Waals surface area contributed by atoms with Crippen LogP contribution in [-0.4, -0.2) is 47.8 Å². The highest BCUT2D eigenvalue weighted by atomic mass is 32.2. The predicted molar refractivity (Wildman–Crippen MR) is 99.2 cm³/mol. The highest BCUT2D eigenvalue weighted by molar-refractivity contribution is 7.98. The number of para-hydroxylation sites is 1. The number of nitrogens with one attached hydrogen (secondary N) is 1. The van der Waals surface area contributed by atoms with Crippen LogP contribution in [0.25, 0.3) is 10.9 Å². The number of amides is 1. The van der Waals surface area contributed by atoms with Crippen LogP contribution in [0, 0.1) is 0 Å². The van der Waals surface area contributed by atoms with Gasteiger partial charge in [-0.2, -0.15) is 0 Å². The number of aryl methyl sites for hydroxylation is 1. The lowest BCUT2D eigenvalue weighted by Gasteiger charge is -2.18. The molecule has 0 aliphatic heterocycles. The smallest absolute Gasteiger partial charge is 0.226 e. The van der Waals surface area contributed by atoms with Crippen LogP contribution in [-0.2, 0) is 18.3 Å². The van der Waals surface area contributed by atoms with Gasteiger partial charge in [-0.3, -0.25) is 4.79 Å². The number of carbonyl (C=O) groups is 1. The zero-order valence-corrected chi connectivity index (χ0v) is 15.4. The van der Waals surface area contributed by atoms with Crippen LogP contribution in [0.1, 0.15) is 19.5 Å². The van der Waals surface area contributed by atoms with E-state index >= 15 is 0 Å². The summed E-state index contributed by atoms with van der Waals surface area (Å²) in [6.45, 7) is 7.94. The lowest BCUT2D eigenvalue weighted by Crippen LogP contribution is -2.35. The Morgan fingerprint density at radius 1 is 1.26 bits per heavy atom. The van der Waals surface area contributed by atoms with Gasteiger partial charge in [0.25, 0.3) is 0 Å². The van der Waals surface area contributed by atoms with E-state index in [-0.39, 0.29) is 5.91 Å². The summed E-state index contributed by atoms with van der Waals surface area (Å²) < 4.78 is 2.14. The Balaban J connectivity index is 2.06. The molecule has 0 fully saturated rings. The van der Waals surface area contributed by atoms with Crippen LogP contribution in [0.4, 0.5) is 0 Å². The number of thioether (sulfide) groups is 1. The van der Waals surface area contributed by atoms with Crippen molar-refractivity contribution in [3.05, 3.63) is 30.0 Å². The number of hydrogen-bond donors (Lipinski definition) is 1. The highest BCUT2D eigenvalue weighted by Gasteiger charge is 2.16. The van der Waals surface area contributed by atoms with Gasteiger partial charge < -0.3 is 14.8 Å². The average molecular weight is 334 g/mol. The van der Waals surface area contributed by atoms with Gasteiger partial charge >= 0.3 is 0 Å². The normalized spacial score (nSPS) is 11.3. The standard InChI is InChI=1S/C18H27N3OS/c1-5-21(6-2)12-11-19-17(22)13-16-18(23-4)14-9-7-8-10-15(14)20(16)3/h7-10H,5-6,11-13H2,1-4H3,(H,19,22). The van der Waals surface area contributed by atoms with Gasteiger partial charge in [-0.05, 0) is 25.4 Å². The number of hydrogen-bond acceptors (Lipinski definition) is 3. The summed E-state index contributed by atoms with van der Waals surface area (Å²) in [7, 11) is 2.04. The van der Waals surface area contributed by atoms with Crippen molar-refractivity contribution >= 4 is 28.6 Å². The summed E-state index contributed by atoms with van der Waals surface area (Å²) in [6, 6.07) is 8.33. The Bertz CT molecular complexity index is 662. The fourth-order valence-corrected chi connectivity index (χ4v) is 3.78. The molecule has 1 N–H and O–H groups in total. The molecule has 0 saturated heterocycles. The summed E-state index contributed by atoms with van der Waals surface area (Å²) in [5, 5.41) is 4.28. The summed E-state index contributed by atoms with van der Waals surface area (Å²) in [5.74, 6) is 0.0957. The third-order valence-corrected chi connectivity index (χ3v) is 5.22. The second kappa shape index (κ2) is 8.41. The van der Waals surface area contributed by atoms with E-state index in [0.717, 1.165) is 25.3 Å². The fourth-order valence-electron chi connectivity index (χ4n) is 2.95. The topological polar surface area (TPSA) is 37.3 Å². The van der Waals surface area contributed by atoms with Crippen LogP contribution in [0.15, 0.2) is 29.2 Å². The second-order valence-corrected chi connectivity index (χ2v) is 6.43. The maximum absolute atomic E-state index is 12.3. The number of benzene rings is 1. The van der Waals surface area contributed by atoms with E-state index < -0.39 is 0 Å². The molecule has 0 radical (unpaired) electrons. The van der Waals surface area contributed by atoms with Gasteiger partial charge in [0.1, 0.15) is 0 Å². The molecule has 5 heteroatoms. The van der Waals surface area contributed by atoms with E-state index in [1.54, 1.807) is 11.8 Å². The van der Waals surface area contributed by atoms with Crippen molar-refractivity contribution < 1.29 is 4.79 Å². The Hall–Kier alpha value is -1.46. The van der Waals surface area contributed by atoms with Crippen LogP contribution < -0.4 is 5.32 Å². The van der Waals surface area contributed by atoms with E-state index in [1.807, 2.05) is 13.1 Å². The summed E-state index contributed by atoms with van der Waals surface area (Å²) in [5.41, 5.74) is 2.28. The summed E-state index contributed by atoms with van der Waals surface area (Å²) >= 11 is 1.71. The number of nitrogens with zero attached hydrogens (tertiary/aromatic N) is 2. The van der Waals surface area contributed by atoms with Crippen LogP contribution in [0.2, 0.25) is 0 Å². The van der Waals surface area contributed by atoms with Crippen molar-refractivity contribution in [1.29, 1.82) is 0 Å². The van der Waals surface area contributed by atoms with Gasteiger partial charge in [-0.25, -0.2) is 0 Å². The molecule has 0 aliphatic carbocycles. The van der Waals surface area contributed by atoms with Gasteiger partial charge in [-0.1, -0.05) is 32.0 Å². The van der Waals surface area contributed by atoms with Crippen LogP contribution in [0.3, 0.4) is 0 Å². The van der Waals surface area contributed by atoms with Gasteiger partial charge in [0.2, 0.25) is 5.91 Å². The van der Waals surface area contributed by atoms with Crippen molar-refractivity contribution in [3.63, 3.8) is 0 Å². The van der Waals surface area contributed by atoms with E-state index in [1.165, 1.54) is 15.8 Å². The number of fused-ring (bicyclic) bond motifs is 1. The second-order valence-electron chi connectivity index (χ2n) is 5.61. The third-order valence-electron chi connectivity index (χ3n) is 4.35. The van der Waals surface area contributed by atoms with Gasteiger partial charge in [-0.15, -0.1) is 11.8 Å². The predicted octanol–water partition coefficient (Wildman–Crippen LogP) is 2.90. The van der Waals surface area contributed by atoms with E-state index in [2.05, 4.69) is 53.1 Å². The number of likely N-dealkylation sites (N-methyl/N-ethyl adjacent to an activating group) is 1. The molecule has 23 heavy (non-hydrogen) atoms. The van der Waals surface area contributed by atoms with E-state index in [4.69, 9.17) is 0 Å². The third kappa shape index (κ3) is 4.09. The SMILES string of the molecule is CCN(CC)CCNC(=O)Cc1c(SC)c2ccccc2n1C. The quantitative estimate of drug-likeness (QED) is 0.755. The molecule has 0 atom stereocenters. The maximum Gasteiger partial charge on any atom is 0.226 e. The Labute approximate surface area is 143 Å². The molecule has 4 nitrogen and oxygen atoms in total. The minimum atomic E-state index is 0.0957. The van der Waals surface area contributed by atoms with Crippen molar-refractivity contribution in [2.75, 3.05) is 32.4 Å². The molecular formula is C18H27N3OS. The summed E-state index contributed by atoms with van der Waals surface area (Å²) in [6.07, 6.45) is 2.50. The Morgan fingerprint density at radius 3 is 2.61 bits per heavy atom. The number of carbonyl (C=O) groups excluding carboxylic acids is 1. The van der Waals surface area contributed by atoms with Crippen molar-refractivity contribution in [2.45, 2.75) is 25.2 Å². The molecule has 0 unspecified atom stereocenters. The first kappa shape index (κ1) is 17.9. The lowest BCUT2D eigenvalue weighted by atomic mass is 10.2. The lowest BCUT2D eigenvalue weighted by molar-refractivity contribution is -0.120. The molecule has 1 amide bonds. The molecule has 0 saturated carbocycles. The first-order valence-electron chi connectivity index (χ1n) is 8.21. The average Bonchev–Trinajstić information content (AvgIpc) is 2.84. The molecule has 0 bridgehead atoms. The van der Waals surface area contributed by atoms with Gasteiger partial charge in [0.05, 0.1) is 6.42 Å². The van der Waals surface area contributed by atoms with Crippen molar-refractivity contribution in [3.8, 4) is 0 Å². The Kier molecular flexibility index (Phi) is 6.54. The molecule has 2 rings (SSSR count). The molecule has 2 aromatic rings. The first-order chi connectivity index (χ1) is 11.1. The minimum Gasteiger partial charge on any atom is -0.354 e. The molecular weight excluding hydrogens is 306 g/mol. The molecule has 1 heterocycles. The first-order valence-corrected chi connectivity index (χ1v) is 9.44. The highest BCUT2D eigenvalue weighted by Crippen LogP contribution is 2.32. The maximum atomic E-state index is 12.3. The largest absolute Gasteiger partial charge is 0.354 e. The molecule has 0 aliphatic rings. The molecule has 126 valence electrons. The monoisotopic (exact) mass is 333 g/mol.